The molecule has 0 saturated heterocycles. The second-order valence-corrected chi connectivity index (χ2v) is 4.44. The average Bonchev–Trinajstić information content (AvgIpc) is 2.40. The standard InChI is InChI=1S/C14H20N2O4/c1-11(10-20-2)15-14(19)16(9-8-13(17)18)12-6-4-3-5-7-12/h3-7,11H,8-10H2,1-2H3,(H,15,19)(H,17,18). The summed E-state index contributed by atoms with van der Waals surface area (Å²) in [7, 11) is 1.56. The Morgan fingerprint density at radius 1 is 1.35 bits per heavy atom. The monoisotopic (exact) mass is 280 g/mol. The molecule has 110 valence electrons. The van der Waals surface area contributed by atoms with E-state index >= 15 is 0 Å². The first kappa shape index (κ1) is 16.0. The van der Waals surface area contributed by atoms with Crippen molar-refractivity contribution in [1.82, 2.24) is 5.32 Å². The largest absolute Gasteiger partial charge is 0.481 e. The summed E-state index contributed by atoms with van der Waals surface area (Å²) in [6.07, 6.45) is -0.110. The number of carboxylic acid groups (broad SMARTS) is 1. The lowest BCUT2D eigenvalue weighted by molar-refractivity contribution is -0.136. The minimum atomic E-state index is -0.941. The van der Waals surface area contributed by atoms with E-state index in [0.717, 1.165) is 0 Å². The number of carboxylic acids is 1. The first-order valence-corrected chi connectivity index (χ1v) is 6.38. The Bertz CT molecular complexity index is 436. The van der Waals surface area contributed by atoms with Crippen molar-refractivity contribution in [2.24, 2.45) is 0 Å². The molecule has 0 saturated carbocycles. The first-order valence-electron chi connectivity index (χ1n) is 6.38. The van der Waals surface area contributed by atoms with Crippen LogP contribution in [0.3, 0.4) is 0 Å². The maximum Gasteiger partial charge on any atom is 0.322 e. The number of methoxy groups -OCH3 is 1. The third-order valence-corrected chi connectivity index (χ3v) is 2.65. The SMILES string of the molecule is COCC(C)NC(=O)N(CCC(=O)O)c1ccccc1. The number of hydrogen-bond donors (Lipinski definition) is 2. The molecule has 20 heavy (non-hydrogen) atoms. The van der Waals surface area contributed by atoms with Gasteiger partial charge in [0.05, 0.1) is 19.1 Å². The van der Waals surface area contributed by atoms with E-state index in [0.29, 0.717) is 12.3 Å². The van der Waals surface area contributed by atoms with Gasteiger partial charge in [-0.3, -0.25) is 9.69 Å². The van der Waals surface area contributed by atoms with Crippen molar-refractivity contribution in [1.29, 1.82) is 0 Å². The Kier molecular flexibility index (Phi) is 6.52. The minimum Gasteiger partial charge on any atom is -0.481 e. The fourth-order valence-electron chi connectivity index (χ4n) is 1.74. The number of anilines is 1. The number of aliphatic carboxylic acids is 1. The lowest BCUT2D eigenvalue weighted by Gasteiger charge is -2.24. The number of rotatable bonds is 7. The van der Waals surface area contributed by atoms with Crippen LogP contribution in [0, 0.1) is 0 Å². The number of amides is 2. The summed E-state index contributed by atoms with van der Waals surface area (Å²) in [4.78, 5) is 24.3. The smallest absolute Gasteiger partial charge is 0.322 e. The van der Waals surface area contributed by atoms with Crippen molar-refractivity contribution < 1.29 is 19.4 Å². The van der Waals surface area contributed by atoms with Crippen molar-refractivity contribution in [2.75, 3.05) is 25.2 Å². The molecule has 1 unspecified atom stereocenters. The van der Waals surface area contributed by atoms with Gasteiger partial charge in [-0.1, -0.05) is 18.2 Å². The summed E-state index contributed by atoms with van der Waals surface area (Å²) in [6, 6.07) is 8.49. The Labute approximate surface area is 118 Å². The summed E-state index contributed by atoms with van der Waals surface area (Å²) >= 11 is 0. The molecule has 0 heterocycles. The lowest BCUT2D eigenvalue weighted by atomic mass is 10.2. The lowest BCUT2D eigenvalue weighted by Crippen LogP contribution is -2.46. The molecule has 1 rings (SSSR count). The molecule has 0 spiro atoms. The van der Waals surface area contributed by atoms with E-state index in [1.54, 1.807) is 31.4 Å². The molecule has 1 aromatic carbocycles. The van der Waals surface area contributed by atoms with Crippen LogP contribution < -0.4 is 10.2 Å². The zero-order valence-corrected chi connectivity index (χ0v) is 11.7. The highest BCUT2D eigenvalue weighted by Crippen LogP contribution is 2.14. The molecule has 2 amide bonds. The van der Waals surface area contributed by atoms with E-state index in [-0.39, 0.29) is 25.0 Å². The van der Waals surface area contributed by atoms with Crippen LogP contribution in [-0.2, 0) is 9.53 Å². The molecular formula is C14H20N2O4. The number of hydrogen-bond acceptors (Lipinski definition) is 3. The van der Waals surface area contributed by atoms with Gasteiger partial charge in [0.15, 0.2) is 0 Å². The summed E-state index contributed by atoms with van der Waals surface area (Å²) in [6.45, 7) is 2.33. The van der Waals surface area contributed by atoms with Crippen molar-refractivity contribution in [3.8, 4) is 0 Å². The third kappa shape index (κ3) is 5.27. The number of para-hydroxylation sites is 1. The molecule has 2 N–H and O–H groups in total. The van der Waals surface area contributed by atoms with Gasteiger partial charge in [0.2, 0.25) is 0 Å². The van der Waals surface area contributed by atoms with Gasteiger partial charge in [0, 0.05) is 19.3 Å². The molecular weight excluding hydrogens is 260 g/mol. The Morgan fingerprint density at radius 2 is 2.00 bits per heavy atom. The number of urea groups is 1. The Morgan fingerprint density at radius 3 is 2.55 bits per heavy atom. The molecule has 0 fully saturated rings. The molecule has 0 radical (unpaired) electrons. The van der Waals surface area contributed by atoms with Crippen molar-refractivity contribution in [3.63, 3.8) is 0 Å². The number of nitrogens with one attached hydrogen (secondary N) is 1. The van der Waals surface area contributed by atoms with Gasteiger partial charge in [0.25, 0.3) is 0 Å². The van der Waals surface area contributed by atoms with Crippen LogP contribution in [0.4, 0.5) is 10.5 Å². The summed E-state index contributed by atoms with van der Waals surface area (Å²) in [5.74, 6) is -0.941. The molecule has 0 bridgehead atoms. The third-order valence-electron chi connectivity index (χ3n) is 2.65. The van der Waals surface area contributed by atoms with E-state index in [1.165, 1.54) is 4.90 Å². The van der Waals surface area contributed by atoms with E-state index < -0.39 is 5.97 Å². The molecule has 6 heteroatoms. The van der Waals surface area contributed by atoms with E-state index in [9.17, 15) is 9.59 Å². The van der Waals surface area contributed by atoms with Crippen LogP contribution >= 0.6 is 0 Å². The minimum absolute atomic E-state index is 0.110. The van der Waals surface area contributed by atoms with Crippen LogP contribution in [0.2, 0.25) is 0 Å². The fraction of sp³-hybridized carbons (Fsp3) is 0.429. The molecule has 0 aliphatic heterocycles. The molecule has 1 aromatic rings. The van der Waals surface area contributed by atoms with Gasteiger partial charge in [0.1, 0.15) is 0 Å². The highest BCUT2D eigenvalue weighted by molar-refractivity contribution is 5.92. The predicted molar refractivity (Wildman–Crippen MR) is 75.9 cm³/mol. The van der Waals surface area contributed by atoms with E-state index in [2.05, 4.69) is 5.32 Å². The highest BCUT2D eigenvalue weighted by atomic mass is 16.5. The highest BCUT2D eigenvalue weighted by Gasteiger charge is 2.18. The number of carbonyl (C=O) groups excluding carboxylic acids is 1. The van der Waals surface area contributed by atoms with Gasteiger partial charge in [-0.2, -0.15) is 0 Å². The molecule has 0 aromatic heterocycles. The first-order chi connectivity index (χ1) is 9.54. The quantitative estimate of drug-likeness (QED) is 0.797. The summed E-state index contributed by atoms with van der Waals surface area (Å²) < 4.78 is 4.96. The van der Waals surface area contributed by atoms with Crippen LogP contribution in [-0.4, -0.2) is 43.4 Å². The topological polar surface area (TPSA) is 78.9 Å². The van der Waals surface area contributed by atoms with Gasteiger partial charge in [-0.25, -0.2) is 4.79 Å². The molecule has 0 aliphatic carbocycles. The Balaban J connectivity index is 2.76. The number of benzene rings is 1. The van der Waals surface area contributed by atoms with E-state index in [4.69, 9.17) is 9.84 Å². The second kappa shape index (κ2) is 8.16. The average molecular weight is 280 g/mol. The van der Waals surface area contributed by atoms with Gasteiger partial charge >= 0.3 is 12.0 Å². The maximum absolute atomic E-state index is 12.2. The van der Waals surface area contributed by atoms with Gasteiger partial charge < -0.3 is 15.2 Å². The summed E-state index contributed by atoms with van der Waals surface area (Å²) in [5.41, 5.74) is 0.663. The van der Waals surface area contributed by atoms with Crippen molar-refractivity contribution in [3.05, 3.63) is 30.3 Å². The second-order valence-electron chi connectivity index (χ2n) is 4.44. The van der Waals surface area contributed by atoms with Gasteiger partial charge in [-0.05, 0) is 19.1 Å². The van der Waals surface area contributed by atoms with Crippen LogP contribution in [0.15, 0.2) is 30.3 Å². The van der Waals surface area contributed by atoms with Crippen molar-refractivity contribution in [2.45, 2.75) is 19.4 Å². The number of nitrogens with zero attached hydrogens (tertiary/aromatic N) is 1. The van der Waals surface area contributed by atoms with Crippen LogP contribution in [0.5, 0.6) is 0 Å². The Hall–Kier alpha value is -2.08. The molecule has 6 nitrogen and oxygen atoms in total. The normalized spacial score (nSPS) is 11.7. The predicted octanol–water partition coefficient (Wildman–Crippen LogP) is 1.71. The maximum atomic E-state index is 12.2. The van der Waals surface area contributed by atoms with E-state index in [1.807, 2.05) is 13.0 Å². The molecule has 1 atom stereocenters. The number of ether oxygens (including phenoxy) is 1. The van der Waals surface area contributed by atoms with Crippen molar-refractivity contribution >= 4 is 17.7 Å². The zero-order chi connectivity index (χ0) is 15.0. The zero-order valence-electron chi connectivity index (χ0n) is 11.7. The summed E-state index contributed by atoms with van der Waals surface area (Å²) in [5, 5.41) is 11.6. The fourth-order valence-corrected chi connectivity index (χ4v) is 1.74. The van der Waals surface area contributed by atoms with Crippen LogP contribution in [0.25, 0.3) is 0 Å². The molecule has 0 aliphatic rings. The number of carbonyl (C=O) groups is 2. The van der Waals surface area contributed by atoms with Gasteiger partial charge in [-0.15, -0.1) is 0 Å². The van der Waals surface area contributed by atoms with Crippen LogP contribution in [0.1, 0.15) is 13.3 Å².